The highest BCUT2D eigenvalue weighted by atomic mass is 31.1. The van der Waals surface area contributed by atoms with Gasteiger partial charge in [-0.2, -0.15) is 0 Å². The zero-order chi connectivity index (χ0) is 27.4. The Kier molecular flexibility index (Phi) is 8.54. The van der Waals surface area contributed by atoms with Crippen LogP contribution >= 0.6 is 8.25 Å². The van der Waals surface area contributed by atoms with Crippen LogP contribution in [0.5, 0.6) is 0 Å². The van der Waals surface area contributed by atoms with Crippen molar-refractivity contribution < 1.29 is 38.1 Å². The molecule has 1 fully saturated rings. The van der Waals surface area contributed by atoms with Crippen molar-refractivity contribution in [3.8, 4) is 0 Å². The third-order valence-electron chi connectivity index (χ3n) is 6.30. The maximum absolute atomic E-state index is 12.7. The molecule has 0 spiro atoms. The highest BCUT2D eigenvalue weighted by Gasteiger charge is 2.43. The highest BCUT2D eigenvalue weighted by Crippen LogP contribution is 2.39. The number of rotatable bonds is 10. The van der Waals surface area contributed by atoms with E-state index in [1.54, 1.807) is 30.5 Å². The summed E-state index contributed by atoms with van der Waals surface area (Å²) < 4.78 is 36.7. The van der Waals surface area contributed by atoms with E-state index < -0.39 is 44.6 Å². The number of aliphatic hydroxyl groups excluding tert-OH is 1. The number of imidazole rings is 1. The van der Waals surface area contributed by atoms with Gasteiger partial charge in [-0.25, -0.2) is 19.7 Å². The van der Waals surface area contributed by atoms with Gasteiger partial charge in [0.1, 0.15) is 42.5 Å². The molecule has 14 heteroatoms. The predicted octanol–water partition coefficient (Wildman–Crippen LogP) is 3.99. The standard InChI is InChI=1S/C24H30N5O8P/c1-14-9-18(29-13-28-19-21(25)26-12-27-22(19)29)35-17(20(14)36-23(31)32)11-34-38(33)37-24(2,3)10-16(30)15-7-5-4-6-8-15/h4-8,12-14,16-18,20,30H,9-11H2,1-3H3,(H2-,25,26,27,31,32)/p+1/t14-,16?,17+,18+,20-/m0/s1. The lowest BCUT2D eigenvalue weighted by Crippen LogP contribution is -2.47. The first-order valence-corrected chi connectivity index (χ1v) is 13.1. The zero-order valence-corrected chi connectivity index (χ0v) is 22.1. The van der Waals surface area contributed by atoms with Crippen LogP contribution < -0.4 is 5.73 Å². The summed E-state index contributed by atoms with van der Waals surface area (Å²) in [6.45, 7) is 4.94. The molecule has 38 heavy (non-hydrogen) atoms. The number of benzene rings is 1. The predicted molar refractivity (Wildman–Crippen MR) is 135 cm³/mol. The SMILES string of the molecule is C[C@H]1C[C@H](n2cnc3c(N)ncnc32)O[C@H](CO[P+](=O)OC(C)(C)CC(O)c2ccccc2)[C@H]1OC(=O)O. The Labute approximate surface area is 219 Å². The molecule has 1 aliphatic heterocycles. The van der Waals surface area contributed by atoms with Crippen molar-refractivity contribution in [3.05, 3.63) is 48.5 Å². The van der Waals surface area contributed by atoms with Crippen molar-refractivity contribution in [1.82, 2.24) is 19.5 Å². The number of carbonyl (C=O) groups is 1. The summed E-state index contributed by atoms with van der Waals surface area (Å²) in [5.41, 5.74) is 6.49. The Bertz CT molecular complexity index is 1270. The molecule has 0 amide bonds. The first-order chi connectivity index (χ1) is 18.0. The number of nitrogens with two attached hydrogens (primary N) is 1. The van der Waals surface area contributed by atoms with Gasteiger partial charge in [0.2, 0.25) is 0 Å². The van der Waals surface area contributed by atoms with E-state index in [-0.39, 0.29) is 24.8 Å². The molecule has 6 atom stereocenters. The quantitative estimate of drug-likeness (QED) is 0.245. The van der Waals surface area contributed by atoms with E-state index in [0.29, 0.717) is 23.1 Å². The molecule has 1 saturated heterocycles. The number of ether oxygens (including phenoxy) is 2. The number of carboxylic acid groups (broad SMARTS) is 1. The summed E-state index contributed by atoms with van der Waals surface area (Å²) in [6, 6.07) is 9.07. The average Bonchev–Trinajstić information content (AvgIpc) is 3.29. The minimum Gasteiger partial charge on any atom is -0.450 e. The molecule has 204 valence electrons. The topological polar surface area (TPSA) is 181 Å². The van der Waals surface area contributed by atoms with Gasteiger partial charge in [-0.15, -0.1) is 9.05 Å². The molecular weight excluding hydrogens is 517 g/mol. The number of fused-ring (bicyclic) bond motifs is 1. The molecule has 0 radical (unpaired) electrons. The van der Waals surface area contributed by atoms with Crippen LogP contribution in [0, 0.1) is 5.92 Å². The lowest BCUT2D eigenvalue weighted by Gasteiger charge is -2.39. The lowest BCUT2D eigenvalue weighted by molar-refractivity contribution is -0.181. The normalized spacial score (nSPS) is 23.2. The van der Waals surface area contributed by atoms with Gasteiger partial charge in [0.25, 0.3) is 0 Å². The van der Waals surface area contributed by atoms with E-state index in [1.165, 1.54) is 12.7 Å². The van der Waals surface area contributed by atoms with Crippen LogP contribution in [0.25, 0.3) is 11.2 Å². The summed E-state index contributed by atoms with van der Waals surface area (Å²) in [5.74, 6) is -0.0648. The number of hydrogen-bond acceptors (Lipinski definition) is 11. The van der Waals surface area contributed by atoms with E-state index in [4.69, 9.17) is 24.3 Å². The number of nitrogens with zero attached hydrogens (tertiary/aromatic N) is 4. The largest absolute Gasteiger partial charge is 0.698 e. The maximum Gasteiger partial charge on any atom is 0.698 e. The summed E-state index contributed by atoms with van der Waals surface area (Å²) in [4.78, 5) is 23.8. The Morgan fingerprint density at radius 1 is 1.29 bits per heavy atom. The number of aliphatic hydroxyl groups is 1. The molecule has 4 N–H and O–H groups in total. The van der Waals surface area contributed by atoms with Crippen molar-refractivity contribution in [3.63, 3.8) is 0 Å². The van der Waals surface area contributed by atoms with Crippen LogP contribution in [-0.4, -0.2) is 60.3 Å². The van der Waals surface area contributed by atoms with Gasteiger partial charge in [-0.05, 0) is 25.8 Å². The fourth-order valence-electron chi connectivity index (χ4n) is 4.51. The van der Waals surface area contributed by atoms with Crippen molar-refractivity contribution in [2.45, 2.75) is 63.8 Å². The number of aromatic nitrogens is 4. The number of hydrogen-bond donors (Lipinski definition) is 3. The third kappa shape index (κ3) is 6.61. The Hall–Kier alpha value is -3.22. The first kappa shape index (κ1) is 27.8. The van der Waals surface area contributed by atoms with Crippen LogP contribution in [0.15, 0.2) is 43.0 Å². The molecule has 1 aromatic carbocycles. The fraction of sp³-hybridized carbons (Fsp3) is 0.500. The van der Waals surface area contributed by atoms with Crippen LogP contribution in [0.2, 0.25) is 0 Å². The zero-order valence-electron chi connectivity index (χ0n) is 21.2. The Balaban J connectivity index is 1.43. The van der Waals surface area contributed by atoms with Crippen LogP contribution in [-0.2, 0) is 23.1 Å². The summed E-state index contributed by atoms with van der Waals surface area (Å²) in [7, 11) is -2.64. The summed E-state index contributed by atoms with van der Waals surface area (Å²) >= 11 is 0. The molecule has 2 aromatic heterocycles. The third-order valence-corrected chi connectivity index (χ3v) is 7.31. The Morgan fingerprint density at radius 3 is 2.74 bits per heavy atom. The Morgan fingerprint density at radius 2 is 2.03 bits per heavy atom. The van der Waals surface area contributed by atoms with Crippen molar-refractivity contribution in [1.29, 1.82) is 0 Å². The molecule has 0 aliphatic carbocycles. The van der Waals surface area contributed by atoms with Gasteiger partial charge >= 0.3 is 14.4 Å². The number of nitrogen functional groups attached to an aromatic ring is 1. The summed E-state index contributed by atoms with van der Waals surface area (Å²) in [5, 5.41) is 19.8. The van der Waals surface area contributed by atoms with Crippen molar-refractivity contribution >= 4 is 31.4 Å². The van der Waals surface area contributed by atoms with E-state index in [1.807, 2.05) is 25.1 Å². The fourth-order valence-corrected chi connectivity index (χ4v) is 5.31. The second-order valence-corrected chi connectivity index (χ2v) is 10.7. The van der Waals surface area contributed by atoms with Gasteiger partial charge in [-0.3, -0.25) is 4.57 Å². The summed E-state index contributed by atoms with van der Waals surface area (Å²) in [6.07, 6.45) is -1.27. The van der Waals surface area contributed by atoms with Crippen LogP contribution in [0.1, 0.15) is 51.5 Å². The smallest absolute Gasteiger partial charge is 0.450 e. The monoisotopic (exact) mass is 548 g/mol. The second-order valence-electron chi connectivity index (χ2n) is 9.77. The molecule has 3 heterocycles. The van der Waals surface area contributed by atoms with E-state index >= 15 is 0 Å². The van der Waals surface area contributed by atoms with Gasteiger partial charge in [0.05, 0.1) is 12.4 Å². The van der Waals surface area contributed by atoms with Gasteiger partial charge in [0.15, 0.2) is 11.5 Å². The molecule has 1 aliphatic rings. The molecular formula is C24H31N5O8P+. The minimum atomic E-state index is -2.64. The van der Waals surface area contributed by atoms with E-state index in [2.05, 4.69) is 15.0 Å². The van der Waals surface area contributed by atoms with Crippen molar-refractivity contribution in [2.75, 3.05) is 12.3 Å². The maximum atomic E-state index is 12.7. The molecule has 0 bridgehead atoms. The lowest BCUT2D eigenvalue weighted by atomic mass is 9.92. The minimum absolute atomic E-state index is 0.171. The van der Waals surface area contributed by atoms with Crippen LogP contribution in [0.4, 0.5) is 10.6 Å². The second kappa shape index (κ2) is 11.7. The molecule has 0 saturated carbocycles. The van der Waals surface area contributed by atoms with Gasteiger partial charge in [-0.1, -0.05) is 37.3 Å². The molecule has 2 unspecified atom stereocenters. The molecule has 4 rings (SSSR count). The highest BCUT2D eigenvalue weighted by molar-refractivity contribution is 7.33. The van der Waals surface area contributed by atoms with Crippen LogP contribution in [0.3, 0.4) is 0 Å². The van der Waals surface area contributed by atoms with Gasteiger partial charge < -0.3 is 25.4 Å². The van der Waals surface area contributed by atoms with Gasteiger partial charge in [0, 0.05) is 16.9 Å². The van der Waals surface area contributed by atoms with E-state index in [9.17, 15) is 19.6 Å². The van der Waals surface area contributed by atoms with E-state index in [0.717, 1.165) is 0 Å². The average molecular weight is 549 g/mol. The number of anilines is 1. The molecule has 3 aromatic rings. The van der Waals surface area contributed by atoms with Crippen molar-refractivity contribution in [2.24, 2.45) is 5.92 Å². The molecule has 13 nitrogen and oxygen atoms in total. The first-order valence-electron chi connectivity index (χ1n) is 12.0.